The number of anilines is 1. The van der Waals surface area contributed by atoms with Crippen LogP contribution in [0, 0.1) is 22.7 Å². The highest BCUT2D eigenvalue weighted by atomic mass is 16.1. The van der Waals surface area contributed by atoms with E-state index in [9.17, 15) is 4.79 Å². The van der Waals surface area contributed by atoms with Crippen molar-refractivity contribution >= 4 is 17.1 Å². The number of hydrogen-bond acceptors (Lipinski definition) is 5. The second-order valence-corrected chi connectivity index (χ2v) is 8.40. The van der Waals surface area contributed by atoms with E-state index in [2.05, 4.69) is 36.2 Å². The lowest BCUT2D eigenvalue weighted by Gasteiger charge is -2.33. The molecule has 0 aromatic carbocycles. The fourth-order valence-electron chi connectivity index (χ4n) is 4.12. The molecule has 0 radical (unpaired) electrons. The minimum Gasteiger partial charge on any atom is -0.379 e. The SMILES string of the molecule is CC1CC[C@@H](Nc2c(C(N)=O)cnn3cc(-c4ccc(C#N)nc4)cc23)C1(C)C. The first-order valence-electron chi connectivity index (χ1n) is 9.75. The minimum atomic E-state index is -0.505. The van der Waals surface area contributed by atoms with Crippen LogP contribution in [0.2, 0.25) is 0 Å². The summed E-state index contributed by atoms with van der Waals surface area (Å²) < 4.78 is 1.74. The fraction of sp³-hybridized carbons (Fsp3) is 0.364. The molecule has 0 saturated heterocycles. The van der Waals surface area contributed by atoms with Gasteiger partial charge in [-0.25, -0.2) is 9.50 Å². The monoisotopic (exact) mass is 388 g/mol. The van der Waals surface area contributed by atoms with Crippen LogP contribution < -0.4 is 11.1 Å². The minimum absolute atomic E-state index is 0.0989. The van der Waals surface area contributed by atoms with Crippen molar-refractivity contribution in [2.24, 2.45) is 17.1 Å². The fourth-order valence-corrected chi connectivity index (χ4v) is 4.12. The van der Waals surface area contributed by atoms with E-state index in [4.69, 9.17) is 11.0 Å². The Kier molecular flexibility index (Phi) is 4.50. The number of aromatic nitrogens is 3. The summed E-state index contributed by atoms with van der Waals surface area (Å²) >= 11 is 0. The van der Waals surface area contributed by atoms with Gasteiger partial charge in [-0.2, -0.15) is 10.4 Å². The molecule has 0 bridgehead atoms. The second-order valence-electron chi connectivity index (χ2n) is 8.40. The molecule has 1 fully saturated rings. The predicted octanol–water partition coefficient (Wildman–Crippen LogP) is 3.60. The van der Waals surface area contributed by atoms with E-state index >= 15 is 0 Å². The third-order valence-electron chi connectivity index (χ3n) is 6.49. The van der Waals surface area contributed by atoms with Crippen molar-refractivity contribution in [3.05, 3.63) is 48.0 Å². The number of pyridine rings is 1. The number of nitrogens with two attached hydrogens (primary N) is 1. The molecule has 29 heavy (non-hydrogen) atoms. The molecule has 3 N–H and O–H groups in total. The predicted molar refractivity (Wildman–Crippen MR) is 111 cm³/mol. The Bertz CT molecular complexity index is 1120. The average molecular weight is 388 g/mol. The van der Waals surface area contributed by atoms with Gasteiger partial charge in [0.25, 0.3) is 5.91 Å². The van der Waals surface area contributed by atoms with Crippen molar-refractivity contribution in [3.8, 4) is 17.2 Å². The van der Waals surface area contributed by atoms with Crippen LogP contribution in [0.5, 0.6) is 0 Å². The smallest absolute Gasteiger partial charge is 0.252 e. The zero-order chi connectivity index (χ0) is 20.8. The first kappa shape index (κ1) is 18.9. The van der Waals surface area contributed by atoms with Crippen molar-refractivity contribution in [1.82, 2.24) is 14.6 Å². The van der Waals surface area contributed by atoms with E-state index in [-0.39, 0.29) is 11.5 Å². The largest absolute Gasteiger partial charge is 0.379 e. The van der Waals surface area contributed by atoms with Gasteiger partial charge >= 0.3 is 0 Å². The molecule has 0 spiro atoms. The van der Waals surface area contributed by atoms with Gasteiger partial charge in [-0.05, 0) is 42.4 Å². The normalized spacial score (nSPS) is 20.5. The van der Waals surface area contributed by atoms with Crippen LogP contribution in [0.25, 0.3) is 16.6 Å². The topological polar surface area (TPSA) is 109 Å². The summed E-state index contributed by atoms with van der Waals surface area (Å²) in [5.41, 5.74) is 9.78. The third-order valence-corrected chi connectivity index (χ3v) is 6.49. The van der Waals surface area contributed by atoms with Crippen molar-refractivity contribution in [1.29, 1.82) is 5.26 Å². The third kappa shape index (κ3) is 3.21. The maximum atomic E-state index is 12.1. The number of carbonyl (C=O) groups excluding carboxylic acids is 1. The van der Waals surface area contributed by atoms with Crippen LogP contribution in [-0.2, 0) is 0 Å². The van der Waals surface area contributed by atoms with Crippen molar-refractivity contribution in [2.75, 3.05) is 5.32 Å². The highest BCUT2D eigenvalue weighted by Crippen LogP contribution is 2.44. The van der Waals surface area contributed by atoms with Gasteiger partial charge in [0, 0.05) is 29.6 Å². The van der Waals surface area contributed by atoms with Crippen LogP contribution in [0.1, 0.15) is 49.7 Å². The number of amides is 1. The van der Waals surface area contributed by atoms with Gasteiger partial charge < -0.3 is 11.1 Å². The van der Waals surface area contributed by atoms with Crippen LogP contribution in [0.15, 0.2) is 36.8 Å². The van der Waals surface area contributed by atoms with Crippen molar-refractivity contribution < 1.29 is 4.79 Å². The Morgan fingerprint density at radius 2 is 2.10 bits per heavy atom. The summed E-state index contributed by atoms with van der Waals surface area (Å²) in [4.78, 5) is 16.2. The Morgan fingerprint density at radius 1 is 1.31 bits per heavy atom. The van der Waals surface area contributed by atoms with Gasteiger partial charge in [-0.3, -0.25) is 4.79 Å². The first-order chi connectivity index (χ1) is 13.8. The van der Waals surface area contributed by atoms with Crippen LogP contribution in [0.3, 0.4) is 0 Å². The number of primary amides is 1. The van der Waals surface area contributed by atoms with Gasteiger partial charge in [0.2, 0.25) is 0 Å². The summed E-state index contributed by atoms with van der Waals surface area (Å²) in [6.45, 7) is 6.79. The molecule has 2 atom stereocenters. The summed E-state index contributed by atoms with van der Waals surface area (Å²) in [5, 5.41) is 16.9. The molecule has 1 amide bonds. The standard InChI is InChI=1S/C22H24N6O/c1-13-4-7-19(22(13,2)3)27-20-17(21(24)29)11-26-28-12-15(8-18(20)28)14-5-6-16(9-23)25-10-14/h5-6,8,10-13,19,27H,4,7H2,1-3H3,(H2,24,29)/t13?,19-/m1/s1. The lowest BCUT2D eigenvalue weighted by atomic mass is 9.80. The molecule has 1 unspecified atom stereocenters. The second kappa shape index (κ2) is 6.89. The molecule has 7 nitrogen and oxygen atoms in total. The van der Waals surface area contributed by atoms with Gasteiger partial charge in [0.05, 0.1) is 23.0 Å². The molecule has 3 aromatic rings. The van der Waals surface area contributed by atoms with Crippen LogP contribution in [-0.4, -0.2) is 26.5 Å². The molecular weight excluding hydrogens is 364 g/mol. The Hall–Kier alpha value is -3.40. The highest BCUT2D eigenvalue weighted by Gasteiger charge is 2.41. The number of rotatable bonds is 4. The van der Waals surface area contributed by atoms with E-state index in [1.165, 1.54) is 6.20 Å². The zero-order valence-corrected chi connectivity index (χ0v) is 16.8. The number of nitrogens with one attached hydrogen (secondary N) is 1. The van der Waals surface area contributed by atoms with Crippen LogP contribution >= 0.6 is 0 Å². The Balaban J connectivity index is 1.80. The molecule has 148 valence electrons. The molecule has 1 aliphatic rings. The van der Waals surface area contributed by atoms with Gasteiger partial charge in [0.1, 0.15) is 11.8 Å². The first-order valence-corrected chi connectivity index (χ1v) is 9.75. The summed E-state index contributed by atoms with van der Waals surface area (Å²) in [5.74, 6) is 0.0797. The van der Waals surface area contributed by atoms with Gasteiger partial charge in [0.15, 0.2) is 0 Å². The molecule has 0 aliphatic heterocycles. The molecule has 1 saturated carbocycles. The summed E-state index contributed by atoms with van der Waals surface area (Å²) in [7, 11) is 0. The Morgan fingerprint density at radius 3 is 2.69 bits per heavy atom. The van der Waals surface area contributed by atoms with Gasteiger partial charge in [-0.15, -0.1) is 0 Å². The lowest BCUT2D eigenvalue weighted by Crippen LogP contribution is -2.35. The quantitative estimate of drug-likeness (QED) is 0.710. The van der Waals surface area contributed by atoms with E-state index in [1.54, 1.807) is 16.8 Å². The zero-order valence-electron chi connectivity index (χ0n) is 16.8. The molecule has 1 aliphatic carbocycles. The van der Waals surface area contributed by atoms with E-state index in [0.29, 0.717) is 22.9 Å². The van der Waals surface area contributed by atoms with E-state index in [0.717, 1.165) is 29.5 Å². The Labute approximate surface area is 169 Å². The van der Waals surface area contributed by atoms with Crippen molar-refractivity contribution in [2.45, 2.75) is 39.7 Å². The highest BCUT2D eigenvalue weighted by molar-refractivity contribution is 6.02. The number of fused-ring (bicyclic) bond motifs is 1. The maximum Gasteiger partial charge on any atom is 0.252 e. The molecule has 3 heterocycles. The number of hydrogen-bond donors (Lipinski definition) is 2. The molecule has 7 heteroatoms. The number of nitrogens with zero attached hydrogens (tertiary/aromatic N) is 4. The summed E-state index contributed by atoms with van der Waals surface area (Å²) in [6.07, 6.45) is 7.24. The molecule has 3 aromatic heterocycles. The van der Waals surface area contributed by atoms with Crippen molar-refractivity contribution in [3.63, 3.8) is 0 Å². The van der Waals surface area contributed by atoms with E-state index < -0.39 is 5.91 Å². The van der Waals surface area contributed by atoms with Gasteiger partial charge in [-0.1, -0.05) is 20.8 Å². The van der Waals surface area contributed by atoms with E-state index in [1.807, 2.05) is 24.4 Å². The number of carbonyl (C=O) groups is 1. The average Bonchev–Trinajstić information content (AvgIpc) is 3.24. The molecular formula is C22H24N6O. The number of nitriles is 1. The molecule has 4 rings (SSSR count). The summed E-state index contributed by atoms with van der Waals surface area (Å²) in [6, 6.07) is 7.76. The van der Waals surface area contributed by atoms with Crippen LogP contribution in [0.4, 0.5) is 5.69 Å². The maximum absolute atomic E-state index is 12.1. The lowest BCUT2D eigenvalue weighted by molar-refractivity contribution is 0.100.